The summed E-state index contributed by atoms with van der Waals surface area (Å²) in [6, 6.07) is 11.3. The number of carbonyl (C=O) groups excluding carboxylic acids is 1. The van der Waals surface area contributed by atoms with Crippen molar-refractivity contribution in [3.05, 3.63) is 53.1 Å². The smallest absolute Gasteiger partial charge is 0.293 e. The van der Waals surface area contributed by atoms with Gasteiger partial charge in [0.1, 0.15) is 18.4 Å². The second kappa shape index (κ2) is 7.09. The zero-order valence-electron chi connectivity index (χ0n) is 14.2. The first-order valence-corrected chi connectivity index (χ1v) is 8.60. The molecule has 2 aromatic heterocycles. The third-order valence-corrected chi connectivity index (χ3v) is 4.40. The molecule has 134 valence electrons. The first-order valence-electron chi connectivity index (χ1n) is 8.60. The predicted molar refractivity (Wildman–Crippen MR) is 94.7 cm³/mol. The monoisotopic (exact) mass is 353 g/mol. The van der Waals surface area contributed by atoms with E-state index in [1.807, 2.05) is 30.3 Å². The summed E-state index contributed by atoms with van der Waals surface area (Å²) >= 11 is 0. The third-order valence-electron chi connectivity index (χ3n) is 4.40. The van der Waals surface area contributed by atoms with Gasteiger partial charge >= 0.3 is 0 Å². The standard InChI is InChI=1S/C18H19N5O3/c24-17(19-10-14-7-4-8-26-14)11-22-18(25)16-9-15(21-23(16)12-20-22)13-5-2-1-3-6-13/h1-3,5-6,9,12,14H,4,7-8,10-11H2,(H,19,24). The molecule has 1 atom stereocenters. The number of ether oxygens (including phenoxy) is 1. The van der Waals surface area contributed by atoms with Crippen LogP contribution in [0, 0.1) is 0 Å². The second-order valence-electron chi connectivity index (χ2n) is 6.26. The molecule has 1 unspecified atom stereocenters. The molecule has 1 aliphatic rings. The zero-order valence-corrected chi connectivity index (χ0v) is 14.2. The molecule has 0 aliphatic carbocycles. The number of carbonyl (C=O) groups is 1. The minimum absolute atomic E-state index is 0.0642. The lowest BCUT2D eigenvalue weighted by molar-refractivity contribution is -0.122. The van der Waals surface area contributed by atoms with Crippen molar-refractivity contribution in [2.45, 2.75) is 25.5 Å². The van der Waals surface area contributed by atoms with Gasteiger partial charge in [0.15, 0.2) is 0 Å². The molecule has 1 amide bonds. The van der Waals surface area contributed by atoms with Gasteiger partial charge in [-0.05, 0) is 18.9 Å². The molecule has 0 bridgehead atoms. The maximum atomic E-state index is 12.6. The first-order chi connectivity index (χ1) is 12.7. The van der Waals surface area contributed by atoms with Crippen LogP contribution in [0.1, 0.15) is 12.8 Å². The molecule has 1 saturated heterocycles. The van der Waals surface area contributed by atoms with Gasteiger partial charge in [-0.1, -0.05) is 30.3 Å². The number of hydrogen-bond acceptors (Lipinski definition) is 5. The third kappa shape index (κ3) is 3.36. The summed E-state index contributed by atoms with van der Waals surface area (Å²) in [5, 5.41) is 11.2. The average Bonchev–Trinajstić information content (AvgIpc) is 3.33. The Morgan fingerprint density at radius 3 is 2.92 bits per heavy atom. The molecule has 1 aliphatic heterocycles. The van der Waals surface area contributed by atoms with E-state index >= 15 is 0 Å². The summed E-state index contributed by atoms with van der Waals surface area (Å²) in [6.07, 6.45) is 3.47. The molecule has 1 fully saturated rings. The predicted octanol–water partition coefficient (Wildman–Crippen LogP) is 0.853. The van der Waals surface area contributed by atoms with Gasteiger partial charge < -0.3 is 10.1 Å². The summed E-state index contributed by atoms with van der Waals surface area (Å²) in [7, 11) is 0. The highest BCUT2D eigenvalue weighted by Gasteiger charge is 2.17. The number of aromatic nitrogens is 4. The van der Waals surface area contributed by atoms with Crippen molar-refractivity contribution in [1.82, 2.24) is 24.7 Å². The minimum atomic E-state index is -0.352. The van der Waals surface area contributed by atoms with Crippen LogP contribution in [-0.2, 0) is 16.1 Å². The van der Waals surface area contributed by atoms with Gasteiger partial charge in [-0.3, -0.25) is 9.59 Å². The second-order valence-corrected chi connectivity index (χ2v) is 6.26. The van der Waals surface area contributed by atoms with Gasteiger partial charge in [-0.15, -0.1) is 0 Å². The minimum Gasteiger partial charge on any atom is -0.376 e. The number of nitrogens with zero attached hydrogens (tertiary/aromatic N) is 4. The fourth-order valence-corrected chi connectivity index (χ4v) is 3.03. The van der Waals surface area contributed by atoms with E-state index in [0.717, 1.165) is 29.7 Å². The Morgan fingerprint density at radius 1 is 1.31 bits per heavy atom. The molecule has 3 aromatic rings. The number of nitrogens with one attached hydrogen (secondary N) is 1. The van der Waals surface area contributed by atoms with Crippen LogP contribution in [0.3, 0.4) is 0 Å². The van der Waals surface area contributed by atoms with Crippen molar-refractivity contribution < 1.29 is 9.53 Å². The maximum Gasteiger partial charge on any atom is 0.293 e. The number of fused-ring (bicyclic) bond motifs is 1. The van der Waals surface area contributed by atoms with Crippen LogP contribution in [0.2, 0.25) is 0 Å². The lowest BCUT2D eigenvalue weighted by Crippen LogP contribution is -2.37. The zero-order chi connectivity index (χ0) is 17.9. The molecule has 8 nitrogen and oxygen atoms in total. The molecule has 8 heteroatoms. The van der Waals surface area contributed by atoms with Crippen LogP contribution in [0.25, 0.3) is 16.8 Å². The first kappa shape index (κ1) is 16.5. The molecule has 1 N–H and O–H groups in total. The van der Waals surface area contributed by atoms with E-state index in [-0.39, 0.29) is 24.1 Å². The molecule has 0 radical (unpaired) electrons. The normalized spacial score (nSPS) is 16.8. The fourth-order valence-electron chi connectivity index (χ4n) is 3.03. The van der Waals surface area contributed by atoms with E-state index < -0.39 is 0 Å². The summed E-state index contributed by atoms with van der Waals surface area (Å²) < 4.78 is 8.05. The van der Waals surface area contributed by atoms with Crippen LogP contribution in [0.4, 0.5) is 0 Å². The van der Waals surface area contributed by atoms with Crippen LogP contribution < -0.4 is 10.9 Å². The Bertz CT molecular complexity index is 973. The highest BCUT2D eigenvalue weighted by atomic mass is 16.5. The Hall–Kier alpha value is -3.00. The van der Waals surface area contributed by atoms with Crippen LogP contribution >= 0.6 is 0 Å². The number of rotatable bonds is 5. The number of amides is 1. The van der Waals surface area contributed by atoms with Crippen molar-refractivity contribution in [1.29, 1.82) is 0 Å². The van der Waals surface area contributed by atoms with Crippen molar-refractivity contribution in [3.8, 4) is 11.3 Å². The lowest BCUT2D eigenvalue weighted by atomic mass is 10.1. The van der Waals surface area contributed by atoms with E-state index in [1.54, 1.807) is 6.07 Å². The molecule has 3 heterocycles. The lowest BCUT2D eigenvalue weighted by Gasteiger charge is -2.11. The van der Waals surface area contributed by atoms with Crippen molar-refractivity contribution >= 4 is 11.4 Å². The summed E-state index contributed by atoms with van der Waals surface area (Å²) in [4.78, 5) is 24.7. The van der Waals surface area contributed by atoms with Crippen LogP contribution in [0.15, 0.2) is 47.5 Å². The summed E-state index contributed by atoms with van der Waals surface area (Å²) in [5.41, 5.74) is 1.63. The Morgan fingerprint density at radius 2 is 2.15 bits per heavy atom. The van der Waals surface area contributed by atoms with Gasteiger partial charge in [0.05, 0.1) is 11.8 Å². The molecule has 1 aromatic carbocycles. The van der Waals surface area contributed by atoms with E-state index in [0.29, 0.717) is 17.8 Å². The topological polar surface area (TPSA) is 90.5 Å². The number of benzene rings is 1. The van der Waals surface area contributed by atoms with E-state index in [1.165, 1.54) is 10.8 Å². The van der Waals surface area contributed by atoms with Crippen molar-refractivity contribution in [2.75, 3.05) is 13.2 Å². The largest absolute Gasteiger partial charge is 0.376 e. The summed E-state index contributed by atoms with van der Waals surface area (Å²) in [5.74, 6) is -0.262. The van der Waals surface area contributed by atoms with Crippen molar-refractivity contribution in [3.63, 3.8) is 0 Å². The van der Waals surface area contributed by atoms with E-state index in [9.17, 15) is 9.59 Å². The fraction of sp³-hybridized carbons (Fsp3) is 0.333. The SMILES string of the molecule is O=C(Cn1ncn2nc(-c3ccccc3)cc2c1=O)NCC1CCCO1. The van der Waals surface area contributed by atoms with Crippen molar-refractivity contribution in [2.24, 2.45) is 0 Å². The molecule has 0 saturated carbocycles. The average molecular weight is 353 g/mol. The molecule has 4 rings (SSSR count). The molecular weight excluding hydrogens is 334 g/mol. The highest BCUT2D eigenvalue weighted by molar-refractivity contribution is 5.75. The maximum absolute atomic E-state index is 12.6. The highest BCUT2D eigenvalue weighted by Crippen LogP contribution is 2.17. The summed E-state index contributed by atoms with van der Waals surface area (Å²) in [6.45, 7) is 1.07. The number of hydrogen-bond donors (Lipinski definition) is 1. The molecule has 0 spiro atoms. The molecular formula is C18H19N5O3. The van der Waals surface area contributed by atoms with Gasteiger partial charge in [-0.2, -0.15) is 10.2 Å². The van der Waals surface area contributed by atoms with Crippen LogP contribution in [-0.4, -0.2) is 44.6 Å². The van der Waals surface area contributed by atoms with Gasteiger partial charge in [0.2, 0.25) is 5.91 Å². The van der Waals surface area contributed by atoms with E-state index in [4.69, 9.17) is 4.74 Å². The van der Waals surface area contributed by atoms with Crippen LogP contribution in [0.5, 0.6) is 0 Å². The Balaban J connectivity index is 1.52. The Kier molecular flexibility index (Phi) is 4.49. The van der Waals surface area contributed by atoms with Gasteiger partial charge in [0, 0.05) is 18.7 Å². The van der Waals surface area contributed by atoms with E-state index in [2.05, 4.69) is 15.5 Å². The molecule has 26 heavy (non-hydrogen) atoms. The Labute approximate surface area is 149 Å². The quantitative estimate of drug-likeness (QED) is 0.734. The van der Waals surface area contributed by atoms with Gasteiger partial charge in [0.25, 0.3) is 5.56 Å². The van der Waals surface area contributed by atoms with Gasteiger partial charge in [-0.25, -0.2) is 9.20 Å².